The first-order valence-corrected chi connectivity index (χ1v) is 13.6. The van der Waals surface area contributed by atoms with Crippen LogP contribution in [0.4, 0.5) is 5.69 Å². The molecule has 0 saturated carbocycles. The summed E-state index contributed by atoms with van der Waals surface area (Å²) in [6, 6.07) is 23.3. The van der Waals surface area contributed by atoms with Crippen LogP contribution >= 0.6 is 23.4 Å². The molecule has 0 spiro atoms. The molecule has 0 radical (unpaired) electrons. The van der Waals surface area contributed by atoms with Crippen molar-refractivity contribution in [3.8, 4) is 0 Å². The molecular formula is C25H27ClN2O3S2. The Balaban J connectivity index is 1.62. The molecule has 174 valence electrons. The highest BCUT2D eigenvalue weighted by Gasteiger charge is 2.28. The lowest BCUT2D eigenvalue weighted by atomic mass is 10.2. The Labute approximate surface area is 205 Å². The van der Waals surface area contributed by atoms with Crippen LogP contribution in [0.3, 0.4) is 0 Å². The number of benzene rings is 3. The fourth-order valence-electron chi connectivity index (χ4n) is 3.22. The highest BCUT2D eigenvalue weighted by Crippen LogP contribution is 2.29. The molecule has 0 heterocycles. The van der Waals surface area contributed by atoms with E-state index < -0.39 is 10.0 Å². The lowest BCUT2D eigenvalue weighted by Gasteiger charge is -2.25. The van der Waals surface area contributed by atoms with Crippen LogP contribution in [0.2, 0.25) is 5.02 Å². The normalized spacial score (nSPS) is 11.2. The van der Waals surface area contributed by atoms with Gasteiger partial charge in [0.05, 0.1) is 10.6 Å². The summed E-state index contributed by atoms with van der Waals surface area (Å²) >= 11 is 7.95. The number of nitrogens with zero attached hydrogens (tertiary/aromatic N) is 1. The number of rotatable bonds is 11. The van der Waals surface area contributed by atoms with Crippen molar-refractivity contribution >= 4 is 45.0 Å². The van der Waals surface area contributed by atoms with Crippen molar-refractivity contribution in [1.29, 1.82) is 0 Å². The highest BCUT2D eigenvalue weighted by molar-refractivity contribution is 7.98. The van der Waals surface area contributed by atoms with E-state index in [-0.39, 0.29) is 17.3 Å². The molecule has 0 unspecified atom stereocenters. The van der Waals surface area contributed by atoms with Gasteiger partial charge in [-0.25, -0.2) is 8.42 Å². The summed E-state index contributed by atoms with van der Waals surface area (Å²) in [5.74, 6) is 1.46. The molecule has 0 aromatic heterocycles. The maximum absolute atomic E-state index is 13.4. The minimum atomic E-state index is -3.95. The molecule has 0 aliphatic heterocycles. The van der Waals surface area contributed by atoms with Crippen molar-refractivity contribution in [3.63, 3.8) is 0 Å². The first-order valence-electron chi connectivity index (χ1n) is 10.6. The van der Waals surface area contributed by atoms with Crippen molar-refractivity contribution < 1.29 is 13.2 Å². The number of hydrogen-bond donors (Lipinski definition) is 1. The van der Waals surface area contributed by atoms with Crippen LogP contribution in [0.25, 0.3) is 0 Å². The van der Waals surface area contributed by atoms with Crippen molar-refractivity contribution in [2.75, 3.05) is 23.1 Å². The number of carbonyl (C=O) groups is 1. The average Bonchev–Trinajstić information content (AvgIpc) is 2.82. The molecule has 3 rings (SSSR count). The lowest BCUT2D eigenvalue weighted by molar-refractivity contribution is -0.119. The molecule has 0 saturated heterocycles. The van der Waals surface area contributed by atoms with E-state index >= 15 is 0 Å². The predicted octanol–water partition coefficient (Wildman–Crippen LogP) is 5.28. The Bertz CT molecular complexity index is 1160. The number of hydrogen-bond acceptors (Lipinski definition) is 4. The molecule has 1 amide bonds. The number of halogens is 1. The maximum Gasteiger partial charge on any atom is 0.264 e. The molecule has 0 fully saturated rings. The van der Waals surface area contributed by atoms with Gasteiger partial charge in [-0.2, -0.15) is 11.8 Å². The zero-order chi connectivity index (χ0) is 23.7. The van der Waals surface area contributed by atoms with E-state index in [4.69, 9.17) is 11.6 Å². The Morgan fingerprint density at radius 3 is 2.36 bits per heavy atom. The van der Waals surface area contributed by atoms with Crippen LogP contribution in [0.1, 0.15) is 17.5 Å². The molecule has 0 atom stereocenters. The fraction of sp³-hybridized carbons (Fsp3) is 0.240. The van der Waals surface area contributed by atoms with Crippen LogP contribution < -0.4 is 9.62 Å². The van der Waals surface area contributed by atoms with E-state index in [1.54, 1.807) is 55.1 Å². The predicted molar refractivity (Wildman–Crippen MR) is 137 cm³/mol. The van der Waals surface area contributed by atoms with Crippen molar-refractivity contribution in [1.82, 2.24) is 5.32 Å². The monoisotopic (exact) mass is 502 g/mol. The third-order valence-corrected chi connectivity index (χ3v) is 8.08. The molecule has 0 aliphatic rings. The summed E-state index contributed by atoms with van der Waals surface area (Å²) in [6.45, 7) is 1.95. The van der Waals surface area contributed by atoms with Crippen LogP contribution in [0.5, 0.6) is 0 Å². The minimum absolute atomic E-state index is 0.120. The molecule has 3 aromatic rings. The first-order chi connectivity index (χ1) is 15.9. The van der Waals surface area contributed by atoms with Gasteiger partial charge >= 0.3 is 0 Å². The molecule has 33 heavy (non-hydrogen) atoms. The second kappa shape index (κ2) is 12.1. The second-order valence-electron chi connectivity index (χ2n) is 7.50. The Hall–Kier alpha value is -2.48. The lowest BCUT2D eigenvalue weighted by Crippen LogP contribution is -2.41. The van der Waals surface area contributed by atoms with Gasteiger partial charge in [-0.3, -0.25) is 9.10 Å². The molecular weight excluding hydrogens is 476 g/mol. The van der Waals surface area contributed by atoms with E-state index in [9.17, 15) is 13.2 Å². The van der Waals surface area contributed by atoms with E-state index in [1.807, 2.05) is 18.2 Å². The van der Waals surface area contributed by atoms with Gasteiger partial charge in [0.2, 0.25) is 5.91 Å². The van der Waals surface area contributed by atoms with Gasteiger partial charge in [0.15, 0.2) is 0 Å². The smallest absolute Gasteiger partial charge is 0.264 e. The maximum atomic E-state index is 13.4. The summed E-state index contributed by atoms with van der Waals surface area (Å²) in [4.78, 5) is 12.8. The SMILES string of the molecule is Cc1ccc(Cl)cc1N(CC(=O)NCCCSCc1ccccc1)S(=O)(=O)c1ccccc1. The topological polar surface area (TPSA) is 66.5 Å². The number of thioether (sulfide) groups is 1. The summed E-state index contributed by atoms with van der Waals surface area (Å²) in [5.41, 5.74) is 2.37. The van der Waals surface area contributed by atoms with Crippen LogP contribution in [-0.4, -0.2) is 33.2 Å². The summed E-state index contributed by atoms with van der Waals surface area (Å²) in [7, 11) is -3.95. The van der Waals surface area contributed by atoms with Crippen molar-refractivity contribution in [2.45, 2.75) is 24.0 Å². The number of amides is 1. The van der Waals surface area contributed by atoms with Gasteiger partial charge in [-0.15, -0.1) is 0 Å². The fourth-order valence-corrected chi connectivity index (χ4v) is 5.81. The average molecular weight is 503 g/mol. The highest BCUT2D eigenvalue weighted by atomic mass is 35.5. The third kappa shape index (κ3) is 7.25. The van der Waals surface area contributed by atoms with Gasteiger partial charge in [-0.1, -0.05) is 66.2 Å². The number of sulfonamides is 1. The van der Waals surface area contributed by atoms with Crippen LogP contribution in [0, 0.1) is 6.92 Å². The number of nitrogens with one attached hydrogen (secondary N) is 1. The molecule has 5 nitrogen and oxygen atoms in total. The Morgan fingerprint density at radius 1 is 1.00 bits per heavy atom. The van der Waals surface area contributed by atoms with E-state index in [2.05, 4.69) is 17.4 Å². The number of carbonyl (C=O) groups excluding carboxylic acids is 1. The molecule has 0 bridgehead atoms. The van der Waals surface area contributed by atoms with Crippen molar-refractivity contribution in [2.24, 2.45) is 0 Å². The third-order valence-electron chi connectivity index (χ3n) is 4.96. The molecule has 0 aliphatic carbocycles. The first kappa shape index (κ1) is 25.1. The molecule has 8 heteroatoms. The standard InChI is InChI=1S/C25H27ClN2O3S2/c1-20-13-14-22(26)17-24(20)28(33(30,31)23-11-6-3-7-12-23)18-25(29)27-15-8-16-32-19-21-9-4-2-5-10-21/h2-7,9-14,17H,8,15-16,18-19H2,1H3,(H,27,29). The van der Waals surface area contributed by atoms with Crippen molar-refractivity contribution in [3.05, 3.63) is 95.0 Å². The Kier molecular flexibility index (Phi) is 9.23. The zero-order valence-electron chi connectivity index (χ0n) is 18.4. The minimum Gasteiger partial charge on any atom is -0.354 e. The van der Waals surface area contributed by atoms with Gasteiger partial charge in [-0.05, 0) is 54.5 Å². The van der Waals surface area contributed by atoms with E-state index in [1.165, 1.54) is 17.7 Å². The molecule has 3 aromatic carbocycles. The van der Waals surface area contributed by atoms with Crippen LogP contribution in [-0.2, 0) is 20.6 Å². The molecule has 1 N–H and O–H groups in total. The summed E-state index contributed by atoms with van der Waals surface area (Å²) < 4.78 is 27.9. The second-order valence-corrected chi connectivity index (χ2v) is 10.9. The zero-order valence-corrected chi connectivity index (χ0v) is 20.8. The number of anilines is 1. The summed E-state index contributed by atoms with van der Waals surface area (Å²) in [6.07, 6.45) is 0.796. The van der Waals surface area contributed by atoms with E-state index in [0.29, 0.717) is 22.8 Å². The van der Waals surface area contributed by atoms with Gasteiger partial charge in [0, 0.05) is 17.3 Å². The van der Waals surface area contributed by atoms with Gasteiger partial charge < -0.3 is 5.32 Å². The van der Waals surface area contributed by atoms with E-state index in [0.717, 1.165) is 22.2 Å². The van der Waals surface area contributed by atoms with Crippen LogP contribution in [0.15, 0.2) is 83.8 Å². The van der Waals surface area contributed by atoms with Gasteiger partial charge in [0.25, 0.3) is 10.0 Å². The summed E-state index contributed by atoms with van der Waals surface area (Å²) in [5, 5.41) is 3.25. The van der Waals surface area contributed by atoms with Gasteiger partial charge in [0.1, 0.15) is 6.54 Å². The quantitative estimate of drug-likeness (QED) is 0.362. The largest absolute Gasteiger partial charge is 0.354 e. The Morgan fingerprint density at radius 2 is 1.67 bits per heavy atom. The number of aryl methyl sites for hydroxylation is 1.